The molecule has 0 radical (unpaired) electrons. The van der Waals surface area contributed by atoms with Crippen LogP contribution in [-0.2, 0) is 20.8 Å². The van der Waals surface area contributed by atoms with Crippen molar-refractivity contribution in [2.75, 3.05) is 46.1 Å². The minimum Gasteiger partial charge on any atom is -0.467 e. The molecule has 1 unspecified atom stereocenters. The second kappa shape index (κ2) is 12.7. The Kier molecular flexibility index (Phi) is 10.1. The fourth-order valence-electron chi connectivity index (χ4n) is 2.50. The molecule has 1 aromatic rings. The van der Waals surface area contributed by atoms with Crippen molar-refractivity contribution in [1.82, 2.24) is 10.6 Å². The van der Waals surface area contributed by atoms with Crippen LogP contribution in [0.1, 0.15) is 31.9 Å². The van der Waals surface area contributed by atoms with Gasteiger partial charge in [-0.3, -0.25) is 4.99 Å². The summed E-state index contributed by atoms with van der Waals surface area (Å²) in [6.07, 6.45) is 5.06. The van der Waals surface area contributed by atoms with Crippen LogP contribution in [0, 0.1) is 0 Å². The molecule has 1 aromatic heterocycles. The second-order valence-corrected chi connectivity index (χ2v) is 5.88. The maximum absolute atomic E-state index is 5.64. The first kappa shape index (κ1) is 19.8. The molecule has 7 heteroatoms. The Bertz CT molecular complexity index is 459. The fraction of sp³-hybridized carbons (Fsp3) is 0.722. The van der Waals surface area contributed by atoms with Crippen LogP contribution in [0.2, 0.25) is 0 Å². The highest BCUT2D eigenvalue weighted by atomic mass is 16.5. The first-order valence-corrected chi connectivity index (χ1v) is 9.20. The maximum atomic E-state index is 5.64. The quantitative estimate of drug-likeness (QED) is 0.340. The molecule has 0 aromatic carbocycles. The van der Waals surface area contributed by atoms with Crippen molar-refractivity contribution in [2.24, 2.45) is 4.99 Å². The van der Waals surface area contributed by atoms with Crippen LogP contribution in [0.15, 0.2) is 27.8 Å². The van der Waals surface area contributed by atoms with Gasteiger partial charge in [0.1, 0.15) is 12.4 Å². The number of rotatable bonds is 12. The summed E-state index contributed by atoms with van der Waals surface area (Å²) < 4.78 is 21.9. The van der Waals surface area contributed by atoms with Gasteiger partial charge in [0.2, 0.25) is 0 Å². The van der Waals surface area contributed by atoms with Crippen LogP contribution in [-0.4, -0.2) is 58.1 Å². The van der Waals surface area contributed by atoms with E-state index < -0.39 is 0 Å². The Morgan fingerprint density at radius 1 is 1.32 bits per heavy atom. The van der Waals surface area contributed by atoms with Crippen molar-refractivity contribution in [3.63, 3.8) is 0 Å². The summed E-state index contributed by atoms with van der Waals surface area (Å²) in [5, 5.41) is 6.51. The number of hydrogen-bond acceptors (Lipinski definition) is 5. The van der Waals surface area contributed by atoms with Crippen molar-refractivity contribution in [3.05, 3.63) is 24.2 Å². The summed E-state index contributed by atoms with van der Waals surface area (Å²) in [6.45, 7) is 7.70. The summed E-state index contributed by atoms with van der Waals surface area (Å²) in [6, 6.07) is 3.77. The van der Waals surface area contributed by atoms with Crippen LogP contribution < -0.4 is 10.6 Å². The minimum absolute atomic E-state index is 0.281. The van der Waals surface area contributed by atoms with E-state index in [4.69, 9.17) is 18.6 Å². The highest BCUT2D eigenvalue weighted by Crippen LogP contribution is 2.11. The summed E-state index contributed by atoms with van der Waals surface area (Å²) in [4.78, 5) is 4.53. The van der Waals surface area contributed by atoms with E-state index >= 15 is 0 Å². The van der Waals surface area contributed by atoms with Gasteiger partial charge in [0.25, 0.3) is 0 Å². The standard InChI is InChI=1S/C18H31N3O4/c1-2-19-18(21-9-13-23-15-17-7-4-12-25-17)20-8-5-10-22-14-16-6-3-11-24-16/h3,6,11,17H,2,4-5,7-10,12-15H2,1H3,(H2,19,20,21). The lowest BCUT2D eigenvalue weighted by molar-refractivity contribution is 0.0191. The van der Waals surface area contributed by atoms with E-state index in [1.165, 1.54) is 0 Å². The van der Waals surface area contributed by atoms with Gasteiger partial charge >= 0.3 is 0 Å². The molecule has 1 saturated heterocycles. The third kappa shape index (κ3) is 8.90. The van der Waals surface area contributed by atoms with Gasteiger partial charge in [0, 0.05) is 32.8 Å². The SMILES string of the molecule is CCNC(=NCCCOCc1ccco1)NCCOCC1CCCO1. The second-order valence-electron chi connectivity index (χ2n) is 5.88. The molecule has 142 valence electrons. The predicted molar refractivity (Wildman–Crippen MR) is 96.8 cm³/mol. The van der Waals surface area contributed by atoms with E-state index in [1.54, 1.807) is 6.26 Å². The molecule has 1 fully saturated rings. The highest BCUT2D eigenvalue weighted by molar-refractivity contribution is 5.79. The summed E-state index contributed by atoms with van der Waals surface area (Å²) >= 11 is 0. The third-order valence-corrected chi connectivity index (χ3v) is 3.75. The van der Waals surface area contributed by atoms with Crippen LogP contribution >= 0.6 is 0 Å². The van der Waals surface area contributed by atoms with E-state index in [1.807, 2.05) is 12.1 Å². The van der Waals surface area contributed by atoms with Gasteiger partial charge in [-0.25, -0.2) is 0 Å². The average Bonchev–Trinajstić information content (AvgIpc) is 3.31. The van der Waals surface area contributed by atoms with Gasteiger partial charge in [0.05, 0.1) is 25.6 Å². The number of ether oxygens (including phenoxy) is 3. The lowest BCUT2D eigenvalue weighted by Gasteiger charge is -2.13. The number of furan rings is 1. The van der Waals surface area contributed by atoms with Gasteiger partial charge in [-0.05, 0) is 38.3 Å². The van der Waals surface area contributed by atoms with Crippen LogP contribution in [0.5, 0.6) is 0 Å². The number of nitrogens with one attached hydrogen (secondary N) is 2. The average molecular weight is 353 g/mol. The van der Waals surface area contributed by atoms with E-state index in [0.717, 1.165) is 50.7 Å². The normalized spacial score (nSPS) is 17.8. The molecule has 0 aliphatic carbocycles. The largest absolute Gasteiger partial charge is 0.467 e. The van der Waals surface area contributed by atoms with E-state index in [2.05, 4.69) is 22.5 Å². The summed E-state index contributed by atoms with van der Waals surface area (Å²) in [7, 11) is 0. The van der Waals surface area contributed by atoms with Gasteiger partial charge in [-0.1, -0.05) is 0 Å². The molecule has 7 nitrogen and oxygen atoms in total. The predicted octanol–water partition coefficient (Wildman–Crippen LogP) is 1.94. The van der Waals surface area contributed by atoms with Gasteiger partial charge in [-0.2, -0.15) is 0 Å². The first-order valence-electron chi connectivity index (χ1n) is 9.20. The molecular weight excluding hydrogens is 322 g/mol. The Labute approximate surface area is 150 Å². The van der Waals surface area contributed by atoms with Crippen LogP contribution in [0.4, 0.5) is 0 Å². The van der Waals surface area contributed by atoms with E-state index in [9.17, 15) is 0 Å². The van der Waals surface area contributed by atoms with E-state index in [-0.39, 0.29) is 6.10 Å². The topological polar surface area (TPSA) is 77.3 Å². The molecule has 1 aliphatic rings. The zero-order chi connectivity index (χ0) is 17.6. The number of nitrogens with zero attached hydrogens (tertiary/aromatic N) is 1. The van der Waals surface area contributed by atoms with Crippen molar-refractivity contribution >= 4 is 5.96 Å². The lowest BCUT2D eigenvalue weighted by Crippen LogP contribution is -2.39. The molecule has 1 atom stereocenters. The first-order chi connectivity index (χ1) is 12.4. The Balaban J connectivity index is 1.49. The third-order valence-electron chi connectivity index (χ3n) is 3.75. The number of hydrogen-bond donors (Lipinski definition) is 2. The van der Waals surface area contributed by atoms with Crippen LogP contribution in [0.25, 0.3) is 0 Å². The molecule has 2 rings (SSSR count). The van der Waals surface area contributed by atoms with Crippen LogP contribution in [0.3, 0.4) is 0 Å². The maximum Gasteiger partial charge on any atom is 0.191 e. The van der Waals surface area contributed by atoms with Crippen molar-refractivity contribution in [1.29, 1.82) is 0 Å². The zero-order valence-corrected chi connectivity index (χ0v) is 15.2. The minimum atomic E-state index is 0.281. The molecule has 2 heterocycles. The highest BCUT2D eigenvalue weighted by Gasteiger charge is 2.14. The van der Waals surface area contributed by atoms with Crippen molar-refractivity contribution in [3.8, 4) is 0 Å². The Morgan fingerprint density at radius 3 is 3.04 bits per heavy atom. The van der Waals surface area contributed by atoms with Crippen molar-refractivity contribution in [2.45, 2.75) is 38.9 Å². The molecule has 0 spiro atoms. The molecule has 2 N–H and O–H groups in total. The molecule has 1 aliphatic heterocycles. The molecule has 0 saturated carbocycles. The van der Waals surface area contributed by atoms with Gasteiger partial charge in [-0.15, -0.1) is 0 Å². The van der Waals surface area contributed by atoms with E-state index in [0.29, 0.717) is 33.0 Å². The number of aliphatic imine (C=N–C) groups is 1. The fourth-order valence-corrected chi connectivity index (χ4v) is 2.50. The molecule has 0 amide bonds. The molecule has 25 heavy (non-hydrogen) atoms. The Morgan fingerprint density at radius 2 is 2.28 bits per heavy atom. The summed E-state index contributed by atoms with van der Waals surface area (Å²) in [5.74, 6) is 1.66. The molecule has 0 bridgehead atoms. The van der Waals surface area contributed by atoms with Gasteiger partial charge < -0.3 is 29.3 Å². The smallest absolute Gasteiger partial charge is 0.191 e. The number of guanidine groups is 1. The lowest BCUT2D eigenvalue weighted by atomic mass is 10.2. The van der Waals surface area contributed by atoms with Crippen molar-refractivity contribution < 1.29 is 18.6 Å². The summed E-state index contributed by atoms with van der Waals surface area (Å²) in [5.41, 5.74) is 0. The van der Waals surface area contributed by atoms with Gasteiger partial charge in [0.15, 0.2) is 5.96 Å². The monoisotopic (exact) mass is 353 g/mol. The zero-order valence-electron chi connectivity index (χ0n) is 15.2. The Hall–Kier alpha value is -1.57. The molecular formula is C18H31N3O4.